The number of nitrogens with one attached hydrogen (secondary N) is 2. The molecule has 0 heterocycles. The second kappa shape index (κ2) is 8.47. The van der Waals surface area contributed by atoms with Gasteiger partial charge in [-0.15, -0.1) is 0 Å². The molecule has 3 aromatic rings. The number of hydrogen-bond acceptors (Lipinski definition) is 2. The minimum absolute atomic E-state index is 0.0600. The van der Waals surface area contributed by atoms with Gasteiger partial charge in [0, 0.05) is 33.9 Å². The number of benzene rings is 3. The molecule has 0 fully saturated rings. The normalized spacial score (nSPS) is 10.3. The molecule has 4 nitrogen and oxygen atoms in total. The van der Waals surface area contributed by atoms with Gasteiger partial charge in [0.1, 0.15) is 5.82 Å². The molecule has 0 saturated carbocycles. The molecule has 136 valence electrons. The summed E-state index contributed by atoms with van der Waals surface area (Å²) in [5, 5.41) is 5.89. The van der Waals surface area contributed by atoms with Gasteiger partial charge in [-0.25, -0.2) is 4.39 Å². The zero-order chi connectivity index (χ0) is 19.2. The summed E-state index contributed by atoms with van der Waals surface area (Å²) in [7, 11) is 0. The summed E-state index contributed by atoms with van der Waals surface area (Å²) in [5.41, 5.74) is 1.58. The van der Waals surface area contributed by atoms with Crippen molar-refractivity contribution < 1.29 is 14.0 Å². The molecule has 0 aliphatic carbocycles. The highest BCUT2D eigenvalue weighted by molar-refractivity contribution is 6.31. The van der Waals surface area contributed by atoms with E-state index in [4.69, 9.17) is 11.6 Å². The first-order chi connectivity index (χ1) is 13.0. The highest BCUT2D eigenvalue weighted by Gasteiger charge is 2.11. The SMILES string of the molecule is O=C(NCc1ccccc1F)c1cccc(C(=O)Nc2cccc(Cl)c2)c1. The van der Waals surface area contributed by atoms with Crippen molar-refractivity contribution in [2.24, 2.45) is 0 Å². The van der Waals surface area contributed by atoms with E-state index in [1.54, 1.807) is 60.7 Å². The largest absolute Gasteiger partial charge is 0.348 e. The Morgan fingerprint density at radius 3 is 2.30 bits per heavy atom. The van der Waals surface area contributed by atoms with Crippen LogP contribution in [0.15, 0.2) is 72.8 Å². The topological polar surface area (TPSA) is 58.2 Å². The molecule has 0 aliphatic heterocycles. The third-order valence-corrected chi connectivity index (χ3v) is 4.10. The lowest BCUT2D eigenvalue weighted by Crippen LogP contribution is -2.24. The maximum Gasteiger partial charge on any atom is 0.255 e. The van der Waals surface area contributed by atoms with Crippen molar-refractivity contribution in [1.29, 1.82) is 0 Å². The molecule has 2 amide bonds. The van der Waals surface area contributed by atoms with E-state index in [2.05, 4.69) is 10.6 Å². The van der Waals surface area contributed by atoms with Crippen LogP contribution < -0.4 is 10.6 Å². The lowest BCUT2D eigenvalue weighted by atomic mass is 10.1. The van der Waals surface area contributed by atoms with Crippen LogP contribution in [-0.4, -0.2) is 11.8 Å². The predicted octanol–water partition coefficient (Wildman–Crippen LogP) is 4.66. The molecule has 3 aromatic carbocycles. The predicted molar refractivity (Wildman–Crippen MR) is 103 cm³/mol. The quantitative estimate of drug-likeness (QED) is 0.674. The fourth-order valence-electron chi connectivity index (χ4n) is 2.49. The van der Waals surface area contributed by atoms with Crippen molar-refractivity contribution in [3.05, 3.63) is 100 Å². The van der Waals surface area contributed by atoms with E-state index in [0.717, 1.165) is 0 Å². The first-order valence-corrected chi connectivity index (χ1v) is 8.59. The van der Waals surface area contributed by atoms with Gasteiger partial charge < -0.3 is 10.6 Å². The Morgan fingerprint density at radius 1 is 0.852 bits per heavy atom. The van der Waals surface area contributed by atoms with Gasteiger partial charge in [-0.2, -0.15) is 0 Å². The maximum atomic E-state index is 13.6. The lowest BCUT2D eigenvalue weighted by Gasteiger charge is -2.09. The van der Waals surface area contributed by atoms with Crippen molar-refractivity contribution in [2.45, 2.75) is 6.54 Å². The summed E-state index contributed by atoms with van der Waals surface area (Å²) >= 11 is 5.91. The van der Waals surface area contributed by atoms with Crippen LogP contribution in [0.1, 0.15) is 26.3 Å². The maximum absolute atomic E-state index is 13.6. The van der Waals surface area contributed by atoms with Crippen LogP contribution in [-0.2, 0) is 6.54 Å². The van der Waals surface area contributed by atoms with Crippen LogP contribution in [0.5, 0.6) is 0 Å². The standard InChI is InChI=1S/C21H16ClFN2O2/c22-17-8-4-9-18(12-17)25-21(27)15-7-3-6-14(11-15)20(26)24-13-16-5-1-2-10-19(16)23/h1-12H,13H2,(H,24,26)(H,25,27). The van der Waals surface area contributed by atoms with Crippen molar-refractivity contribution >= 4 is 29.1 Å². The number of halogens is 2. The van der Waals surface area contributed by atoms with E-state index >= 15 is 0 Å². The number of carbonyl (C=O) groups excluding carboxylic acids is 2. The molecule has 0 spiro atoms. The highest BCUT2D eigenvalue weighted by atomic mass is 35.5. The van der Waals surface area contributed by atoms with Crippen LogP contribution >= 0.6 is 11.6 Å². The number of anilines is 1. The first kappa shape index (κ1) is 18.6. The molecule has 0 radical (unpaired) electrons. The molecule has 27 heavy (non-hydrogen) atoms. The average Bonchev–Trinajstić information content (AvgIpc) is 2.67. The zero-order valence-corrected chi connectivity index (χ0v) is 15.0. The summed E-state index contributed by atoms with van der Waals surface area (Å²) in [5.74, 6) is -1.14. The van der Waals surface area contributed by atoms with Gasteiger partial charge in [0.25, 0.3) is 11.8 Å². The van der Waals surface area contributed by atoms with Crippen molar-refractivity contribution in [2.75, 3.05) is 5.32 Å². The van der Waals surface area contributed by atoms with Crippen LogP contribution in [0.3, 0.4) is 0 Å². The van der Waals surface area contributed by atoms with E-state index in [1.165, 1.54) is 12.1 Å². The number of hydrogen-bond donors (Lipinski definition) is 2. The average molecular weight is 383 g/mol. The van der Waals surface area contributed by atoms with E-state index < -0.39 is 5.91 Å². The van der Waals surface area contributed by atoms with E-state index in [-0.39, 0.29) is 18.3 Å². The third kappa shape index (κ3) is 4.92. The minimum atomic E-state index is -0.393. The molecule has 0 atom stereocenters. The molecular formula is C21H16ClFN2O2. The molecule has 0 bridgehead atoms. The van der Waals surface area contributed by atoms with E-state index in [1.807, 2.05) is 0 Å². The molecular weight excluding hydrogens is 367 g/mol. The fourth-order valence-corrected chi connectivity index (χ4v) is 2.68. The molecule has 2 N–H and O–H groups in total. The number of carbonyl (C=O) groups is 2. The third-order valence-electron chi connectivity index (χ3n) is 3.87. The molecule has 0 saturated heterocycles. The number of amides is 2. The number of rotatable bonds is 5. The van der Waals surface area contributed by atoms with Crippen LogP contribution in [0.4, 0.5) is 10.1 Å². The minimum Gasteiger partial charge on any atom is -0.348 e. The summed E-state index contributed by atoms with van der Waals surface area (Å²) < 4.78 is 13.6. The lowest BCUT2D eigenvalue weighted by molar-refractivity contribution is 0.0950. The second-order valence-electron chi connectivity index (χ2n) is 5.82. The van der Waals surface area contributed by atoms with Crippen LogP contribution in [0, 0.1) is 5.82 Å². The van der Waals surface area contributed by atoms with Gasteiger partial charge in [0.2, 0.25) is 0 Å². The van der Waals surface area contributed by atoms with Gasteiger partial charge >= 0.3 is 0 Å². The van der Waals surface area contributed by atoms with Gasteiger partial charge in [0.15, 0.2) is 0 Å². The molecule has 0 aromatic heterocycles. The van der Waals surface area contributed by atoms with Gasteiger partial charge in [-0.1, -0.05) is 41.9 Å². The van der Waals surface area contributed by atoms with Crippen molar-refractivity contribution in [3.63, 3.8) is 0 Å². The highest BCUT2D eigenvalue weighted by Crippen LogP contribution is 2.16. The Hall–Kier alpha value is -3.18. The monoisotopic (exact) mass is 382 g/mol. The molecule has 6 heteroatoms. The van der Waals surface area contributed by atoms with Crippen molar-refractivity contribution in [1.82, 2.24) is 5.32 Å². The van der Waals surface area contributed by atoms with E-state index in [0.29, 0.717) is 27.4 Å². The molecule has 0 aliphatic rings. The Labute approximate surface area is 161 Å². The Kier molecular flexibility index (Phi) is 5.84. The molecule has 0 unspecified atom stereocenters. The zero-order valence-electron chi connectivity index (χ0n) is 14.2. The Morgan fingerprint density at radius 2 is 1.56 bits per heavy atom. The van der Waals surface area contributed by atoms with Crippen LogP contribution in [0.25, 0.3) is 0 Å². The smallest absolute Gasteiger partial charge is 0.255 e. The Bertz CT molecular complexity index is 991. The summed E-state index contributed by atoms with van der Waals surface area (Å²) in [6.45, 7) is 0.0600. The molecule has 3 rings (SSSR count). The summed E-state index contributed by atoms with van der Waals surface area (Å²) in [6.07, 6.45) is 0. The van der Waals surface area contributed by atoms with E-state index in [9.17, 15) is 14.0 Å². The fraction of sp³-hybridized carbons (Fsp3) is 0.0476. The van der Waals surface area contributed by atoms with Gasteiger partial charge in [-0.3, -0.25) is 9.59 Å². The summed E-state index contributed by atoms with van der Waals surface area (Å²) in [4.78, 5) is 24.7. The second-order valence-corrected chi connectivity index (χ2v) is 6.26. The van der Waals surface area contributed by atoms with Crippen molar-refractivity contribution in [3.8, 4) is 0 Å². The van der Waals surface area contributed by atoms with Gasteiger partial charge in [-0.05, 0) is 42.5 Å². The van der Waals surface area contributed by atoms with Crippen LogP contribution in [0.2, 0.25) is 5.02 Å². The first-order valence-electron chi connectivity index (χ1n) is 8.21. The summed E-state index contributed by atoms with van der Waals surface area (Å²) in [6, 6.07) is 19.3. The Balaban J connectivity index is 1.68. The van der Waals surface area contributed by atoms with Gasteiger partial charge in [0.05, 0.1) is 0 Å².